The molecule has 1 aromatic rings. The topological polar surface area (TPSA) is 33.2 Å². The molecule has 1 amide bonds. The number of aromatic nitrogens is 1. The average molecular weight is 269 g/mol. The molecule has 3 nitrogen and oxygen atoms in total. The van der Waals surface area contributed by atoms with Crippen LogP contribution in [0.5, 0.6) is 0 Å². The molecule has 4 heteroatoms. The van der Waals surface area contributed by atoms with E-state index in [1.165, 1.54) is 6.20 Å². The summed E-state index contributed by atoms with van der Waals surface area (Å²) >= 11 is 5.79. The molecule has 100 valence electrons. The van der Waals surface area contributed by atoms with Gasteiger partial charge in [-0.05, 0) is 38.8 Å². The van der Waals surface area contributed by atoms with Crippen molar-refractivity contribution in [2.45, 2.75) is 52.6 Å². The van der Waals surface area contributed by atoms with Gasteiger partial charge in [0, 0.05) is 18.3 Å². The molecule has 0 saturated carbocycles. The Balaban J connectivity index is 2.98. The minimum absolute atomic E-state index is 0.0182. The van der Waals surface area contributed by atoms with Crippen LogP contribution in [-0.2, 0) is 0 Å². The van der Waals surface area contributed by atoms with E-state index >= 15 is 0 Å². The first-order valence-electron chi connectivity index (χ1n) is 6.45. The van der Waals surface area contributed by atoms with Gasteiger partial charge in [0.2, 0.25) is 0 Å². The van der Waals surface area contributed by atoms with Crippen LogP contribution in [0, 0.1) is 0 Å². The van der Waals surface area contributed by atoms with Gasteiger partial charge in [0.05, 0.1) is 5.02 Å². The van der Waals surface area contributed by atoms with Crippen molar-refractivity contribution in [1.82, 2.24) is 9.88 Å². The molecule has 1 rings (SSSR count). The van der Waals surface area contributed by atoms with E-state index in [4.69, 9.17) is 11.6 Å². The monoisotopic (exact) mass is 268 g/mol. The summed E-state index contributed by atoms with van der Waals surface area (Å²) in [6, 6.07) is 3.81. The highest BCUT2D eigenvalue weighted by Gasteiger charge is 2.25. The number of pyridine rings is 1. The van der Waals surface area contributed by atoms with E-state index < -0.39 is 0 Å². The van der Waals surface area contributed by atoms with Crippen LogP contribution >= 0.6 is 11.6 Å². The molecule has 0 unspecified atom stereocenters. The van der Waals surface area contributed by atoms with Crippen LogP contribution in [0.1, 0.15) is 51.0 Å². The smallest absolute Gasteiger partial charge is 0.272 e. The summed E-state index contributed by atoms with van der Waals surface area (Å²) in [7, 11) is 0. The Labute approximate surface area is 114 Å². The van der Waals surface area contributed by atoms with Gasteiger partial charge in [0.25, 0.3) is 5.91 Å². The van der Waals surface area contributed by atoms with Crippen molar-refractivity contribution in [3.05, 3.63) is 29.0 Å². The third-order valence-corrected chi connectivity index (χ3v) is 3.54. The van der Waals surface area contributed by atoms with Crippen LogP contribution < -0.4 is 0 Å². The molecular weight excluding hydrogens is 248 g/mol. The number of hydrogen-bond donors (Lipinski definition) is 0. The Kier molecular flexibility index (Phi) is 5.60. The predicted octanol–water partition coefficient (Wildman–Crippen LogP) is 3.77. The van der Waals surface area contributed by atoms with Gasteiger partial charge in [-0.15, -0.1) is 0 Å². The zero-order chi connectivity index (χ0) is 13.7. The minimum atomic E-state index is -0.0182. The molecule has 1 aromatic heterocycles. The molecule has 18 heavy (non-hydrogen) atoms. The first-order valence-corrected chi connectivity index (χ1v) is 6.83. The van der Waals surface area contributed by atoms with Gasteiger partial charge in [-0.25, -0.2) is 4.98 Å². The van der Waals surface area contributed by atoms with E-state index in [2.05, 4.69) is 32.7 Å². The maximum Gasteiger partial charge on any atom is 0.272 e. The summed E-state index contributed by atoms with van der Waals surface area (Å²) in [4.78, 5) is 18.5. The highest BCUT2D eigenvalue weighted by Crippen LogP contribution is 2.16. The lowest BCUT2D eigenvalue weighted by atomic mass is 10.1. The van der Waals surface area contributed by atoms with Gasteiger partial charge in [-0.1, -0.05) is 25.4 Å². The molecule has 0 N–H and O–H groups in total. The molecule has 2 atom stereocenters. The lowest BCUT2D eigenvalue weighted by Gasteiger charge is -2.33. The molecule has 0 aromatic carbocycles. The number of carbonyl (C=O) groups is 1. The van der Waals surface area contributed by atoms with Gasteiger partial charge in [-0.2, -0.15) is 0 Å². The van der Waals surface area contributed by atoms with E-state index in [1.807, 2.05) is 4.90 Å². The van der Waals surface area contributed by atoms with Crippen molar-refractivity contribution >= 4 is 17.5 Å². The highest BCUT2D eigenvalue weighted by atomic mass is 35.5. The normalized spacial score (nSPS) is 14.1. The van der Waals surface area contributed by atoms with E-state index in [0.717, 1.165) is 12.8 Å². The van der Waals surface area contributed by atoms with Crippen molar-refractivity contribution in [2.75, 3.05) is 0 Å². The zero-order valence-corrected chi connectivity index (χ0v) is 12.2. The van der Waals surface area contributed by atoms with Crippen molar-refractivity contribution in [2.24, 2.45) is 0 Å². The lowest BCUT2D eigenvalue weighted by Crippen LogP contribution is -2.44. The SMILES string of the molecule is CC[C@@H](C)N(C(=O)c1ccc(Cl)cn1)[C@@H](C)CC. The average Bonchev–Trinajstić information content (AvgIpc) is 2.39. The number of rotatable bonds is 5. The van der Waals surface area contributed by atoms with Crippen LogP contribution in [0.15, 0.2) is 18.3 Å². The Morgan fingerprint density at radius 1 is 1.28 bits per heavy atom. The number of nitrogens with zero attached hydrogens (tertiary/aromatic N) is 2. The van der Waals surface area contributed by atoms with Crippen molar-refractivity contribution < 1.29 is 4.79 Å². The minimum Gasteiger partial charge on any atom is -0.332 e. The van der Waals surface area contributed by atoms with Gasteiger partial charge in [-0.3, -0.25) is 4.79 Å². The van der Waals surface area contributed by atoms with Crippen molar-refractivity contribution in [1.29, 1.82) is 0 Å². The first-order chi connectivity index (χ1) is 8.51. The zero-order valence-electron chi connectivity index (χ0n) is 11.5. The third-order valence-electron chi connectivity index (χ3n) is 3.31. The first kappa shape index (κ1) is 15.0. The number of carbonyl (C=O) groups excluding carboxylic acids is 1. The summed E-state index contributed by atoms with van der Waals surface area (Å²) in [6.45, 7) is 8.31. The Morgan fingerprint density at radius 2 is 1.83 bits per heavy atom. The predicted molar refractivity (Wildman–Crippen MR) is 74.9 cm³/mol. The second-order valence-electron chi connectivity index (χ2n) is 4.59. The van der Waals surface area contributed by atoms with E-state index in [0.29, 0.717) is 10.7 Å². The maximum absolute atomic E-state index is 12.5. The fourth-order valence-electron chi connectivity index (χ4n) is 1.86. The van der Waals surface area contributed by atoms with E-state index in [1.54, 1.807) is 12.1 Å². The largest absolute Gasteiger partial charge is 0.332 e. The number of amides is 1. The molecule has 0 fully saturated rings. The molecule has 0 saturated heterocycles. The van der Waals surface area contributed by atoms with Crippen LogP contribution in [-0.4, -0.2) is 27.9 Å². The van der Waals surface area contributed by atoms with Crippen LogP contribution in [0.4, 0.5) is 0 Å². The van der Waals surface area contributed by atoms with Crippen LogP contribution in [0.25, 0.3) is 0 Å². The molecular formula is C14H21ClN2O. The number of halogens is 1. The maximum atomic E-state index is 12.5. The Hall–Kier alpha value is -1.09. The van der Waals surface area contributed by atoms with Crippen molar-refractivity contribution in [3.63, 3.8) is 0 Å². The summed E-state index contributed by atoms with van der Waals surface area (Å²) < 4.78 is 0. The van der Waals surface area contributed by atoms with Crippen LogP contribution in [0.3, 0.4) is 0 Å². The summed E-state index contributed by atoms with van der Waals surface area (Å²) in [5.41, 5.74) is 0.458. The van der Waals surface area contributed by atoms with Gasteiger partial charge in [0.15, 0.2) is 0 Å². The quantitative estimate of drug-likeness (QED) is 0.814. The van der Waals surface area contributed by atoms with Gasteiger partial charge < -0.3 is 4.90 Å². The highest BCUT2D eigenvalue weighted by molar-refractivity contribution is 6.30. The lowest BCUT2D eigenvalue weighted by molar-refractivity contribution is 0.0592. The summed E-state index contributed by atoms with van der Waals surface area (Å²) in [5, 5.41) is 0.546. The molecule has 0 aliphatic carbocycles. The third kappa shape index (κ3) is 3.45. The summed E-state index contributed by atoms with van der Waals surface area (Å²) in [6.07, 6.45) is 3.38. The second kappa shape index (κ2) is 6.74. The molecule has 0 bridgehead atoms. The molecule has 0 aliphatic heterocycles. The van der Waals surface area contributed by atoms with Crippen molar-refractivity contribution in [3.8, 4) is 0 Å². The number of hydrogen-bond acceptors (Lipinski definition) is 2. The molecule has 0 aliphatic rings. The summed E-state index contributed by atoms with van der Waals surface area (Å²) in [5.74, 6) is -0.0182. The fraction of sp³-hybridized carbons (Fsp3) is 0.571. The Bertz CT molecular complexity index is 381. The standard InChI is InChI=1S/C14H21ClN2O/c1-5-10(3)17(11(4)6-2)14(18)13-8-7-12(15)9-16-13/h7-11H,5-6H2,1-4H3/t10-,11+. The molecule has 0 radical (unpaired) electrons. The van der Waals surface area contributed by atoms with Gasteiger partial charge >= 0.3 is 0 Å². The van der Waals surface area contributed by atoms with E-state index in [9.17, 15) is 4.79 Å². The molecule has 1 heterocycles. The van der Waals surface area contributed by atoms with E-state index in [-0.39, 0.29) is 18.0 Å². The second-order valence-corrected chi connectivity index (χ2v) is 5.03. The van der Waals surface area contributed by atoms with Crippen LogP contribution in [0.2, 0.25) is 5.02 Å². The molecule has 0 spiro atoms. The Morgan fingerprint density at radius 3 is 2.22 bits per heavy atom. The van der Waals surface area contributed by atoms with Gasteiger partial charge in [0.1, 0.15) is 5.69 Å². The fourth-order valence-corrected chi connectivity index (χ4v) is 1.97.